The van der Waals surface area contributed by atoms with Gasteiger partial charge < -0.3 is 29.3 Å². The number of nitrogens with one attached hydrogen (secondary N) is 1. The van der Waals surface area contributed by atoms with Crippen molar-refractivity contribution in [2.75, 3.05) is 34.9 Å². The molecule has 5 aliphatic rings. The Labute approximate surface area is 206 Å². The lowest BCUT2D eigenvalue weighted by Gasteiger charge is -2.46. The number of amides is 1. The van der Waals surface area contributed by atoms with Crippen LogP contribution in [0.25, 0.3) is 0 Å². The molecule has 4 saturated heterocycles. The molecule has 2 bridgehead atoms. The summed E-state index contributed by atoms with van der Waals surface area (Å²) in [4.78, 5) is 22.8. The second-order valence-electron chi connectivity index (χ2n) is 10.3. The maximum absolute atomic E-state index is 13.9. The van der Waals surface area contributed by atoms with E-state index >= 15 is 0 Å². The van der Waals surface area contributed by atoms with Gasteiger partial charge in [-0.25, -0.2) is 4.98 Å². The number of hydrogen-bond acceptors (Lipinski definition) is 7. The van der Waals surface area contributed by atoms with Crippen LogP contribution in [0.5, 0.6) is 0 Å². The third-order valence-corrected chi connectivity index (χ3v) is 7.50. The zero-order valence-corrected chi connectivity index (χ0v) is 20.5. The predicted molar refractivity (Wildman–Crippen MR) is 134 cm³/mol. The van der Waals surface area contributed by atoms with Crippen molar-refractivity contribution in [2.24, 2.45) is 0 Å². The van der Waals surface area contributed by atoms with Crippen LogP contribution in [0.2, 0.25) is 0 Å². The van der Waals surface area contributed by atoms with E-state index in [1.807, 2.05) is 30.9 Å². The van der Waals surface area contributed by atoms with E-state index in [1.54, 1.807) is 6.20 Å². The van der Waals surface area contributed by atoms with Gasteiger partial charge in [0.25, 0.3) is 5.91 Å². The van der Waals surface area contributed by atoms with Gasteiger partial charge in [-0.2, -0.15) is 0 Å². The average molecular weight is 479 g/mol. The first-order valence-electron chi connectivity index (χ1n) is 12.9. The van der Waals surface area contributed by atoms with Crippen molar-refractivity contribution in [3.05, 3.63) is 42.1 Å². The summed E-state index contributed by atoms with van der Waals surface area (Å²) in [5, 5.41) is 3.47. The summed E-state index contributed by atoms with van der Waals surface area (Å²) in [6.45, 7) is 6.63. The molecule has 1 amide bonds. The number of morpholine rings is 1. The molecule has 2 aromatic rings. The minimum absolute atomic E-state index is 0.00611. The lowest BCUT2D eigenvalue weighted by molar-refractivity contribution is -0.143. The number of fused-ring (bicyclic) bond motifs is 5. The Balaban J connectivity index is 1.30. The highest BCUT2D eigenvalue weighted by atomic mass is 16.5. The van der Waals surface area contributed by atoms with E-state index in [-0.39, 0.29) is 18.1 Å². The summed E-state index contributed by atoms with van der Waals surface area (Å²) in [6, 6.07) is 10.7. The monoisotopic (exact) mass is 478 g/mol. The zero-order chi connectivity index (χ0) is 23.9. The molecule has 0 aliphatic carbocycles. The highest BCUT2D eigenvalue weighted by Gasteiger charge is 2.37. The molecule has 8 heteroatoms. The Bertz CT molecular complexity index is 1080. The number of pyridine rings is 1. The molecule has 1 N–H and O–H groups in total. The Hall–Kier alpha value is -2.68. The van der Waals surface area contributed by atoms with E-state index in [0.29, 0.717) is 31.7 Å². The second-order valence-corrected chi connectivity index (χ2v) is 10.3. The van der Waals surface area contributed by atoms with Crippen LogP contribution in [0.1, 0.15) is 45.1 Å². The molecule has 0 radical (unpaired) electrons. The average Bonchev–Trinajstić information content (AvgIpc) is 3.05. The van der Waals surface area contributed by atoms with Gasteiger partial charge in [-0.05, 0) is 63.8 Å². The molecule has 1 aromatic carbocycles. The Morgan fingerprint density at radius 1 is 1.14 bits per heavy atom. The number of carbonyl (C=O) groups excluding carboxylic acids is 1. The number of piperidine rings is 1. The van der Waals surface area contributed by atoms with Gasteiger partial charge in [0.1, 0.15) is 11.9 Å². The predicted octanol–water partition coefficient (Wildman–Crippen LogP) is 4.01. The number of ether oxygens (including phenoxy) is 3. The molecular formula is C27H34N4O4. The third-order valence-electron chi connectivity index (χ3n) is 7.50. The molecule has 1 aromatic heterocycles. The van der Waals surface area contributed by atoms with E-state index < -0.39 is 6.10 Å². The van der Waals surface area contributed by atoms with Gasteiger partial charge in [0.2, 0.25) is 0 Å². The molecule has 0 unspecified atom stereocenters. The Kier molecular flexibility index (Phi) is 6.12. The van der Waals surface area contributed by atoms with E-state index in [2.05, 4.69) is 33.4 Å². The molecule has 0 spiro atoms. The fourth-order valence-electron chi connectivity index (χ4n) is 5.74. The van der Waals surface area contributed by atoms with E-state index in [1.165, 1.54) is 0 Å². The summed E-state index contributed by atoms with van der Waals surface area (Å²) in [7, 11) is 0. The van der Waals surface area contributed by atoms with Gasteiger partial charge in [0.05, 0.1) is 55.5 Å². The number of carbonyl (C=O) groups is 1. The van der Waals surface area contributed by atoms with Crippen molar-refractivity contribution in [1.29, 1.82) is 0 Å². The number of nitrogens with zero attached hydrogens (tertiary/aromatic N) is 3. The maximum atomic E-state index is 13.9. The van der Waals surface area contributed by atoms with Crippen LogP contribution in [-0.4, -0.2) is 61.1 Å². The summed E-state index contributed by atoms with van der Waals surface area (Å²) < 4.78 is 17.9. The first kappa shape index (κ1) is 22.8. The summed E-state index contributed by atoms with van der Waals surface area (Å²) in [6.07, 6.45) is 5.54. The molecule has 5 aliphatic heterocycles. The molecule has 0 saturated carbocycles. The van der Waals surface area contributed by atoms with E-state index in [4.69, 9.17) is 14.2 Å². The number of benzene rings is 1. The van der Waals surface area contributed by atoms with Crippen LogP contribution >= 0.6 is 0 Å². The summed E-state index contributed by atoms with van der Waals surface area (Å²) in [5.74, 6) is 0.783. The number of hydrogen-bond donors (Lipinski definition) is 1. The zero-order valence-electron chi connectivity index (χ0n) is 20.5. The number of aromatic nitrogens is 1. The number of rotatable bonds is 4. The second kappa shape index (κ2) is 9.41. The van der Waals surface area contributed by atoms with E-state index in [9.17, 15) is 4.79 Å². The quantitative estimate of drug-likeness (QED) is 0.712. The largest absolute Gasteiger partial charge is 0.374 e. The fourth-order valence-corrected chi connectivity index (χ4v) is 5.74. The molecule has 8 nitrogen and oxygen atoms in total. The van der Waals surface area contributed by atoms with Crippen LogP contribution in [0.4, 0.5) is 22.9 Å². The Morgan fingerprint density at radius 3 is 2.77 bits per heavy atom. The van der Waals surface area contributed by atoms with Crippen molar-refractivity contribution in [3.63, 3.8) is 0 Å². The van der Waals surface area contributed by atoms with Crippen LogP contribution in [0.3, 0.4) is 0 Å². The topological polar surface area (TPSA) is 76.2 Å². The fraction of sp³-hybridized carbons (Fsp3) is 0.556. The molecule has 35 heavy (non-hydrogen) atoms. The molecule has 7 rings (SSSR count). The maximum Gasteiger partial charge on any atom is 0.256 e. The third kappa shape index (κ3) is 4.50. The lowest BCUT2D eigenvalue weighted by atomic mass is 9.96. The highest BCUT2D eigenvalue weighted by Crippen LogP contribution is 2.40. The smallest absolute Gasteiger partial charge is 0.256 e. The van der Waals surface area contributed by atoms with Gasteiger partial charge in [0, 0.05) is 24.0 Å². The van der Waals surface area contributed by atoms with Crippen LogP contribution in [-0.2, 0) is 25.5 Å². The van der Waals surface area contributed by atoms with Gasteiger partial charge in [-0.1, -0.05) is 6.07 Å². The van der Waals surface area contributed by atoms with Crippen molar-refractivity contribution >= 4 is 28.8 Å². The van der Waals surface area contributed by atoms with E-state index in [0.717, 1.165) is 60.9 Å². The lowest BCUT2D eigenvalue weighted by Crippen LogP contribution is -2.54. The standard InChI is InChI=1S/C27H34N4O4/c1-17(2)35-22-8-10-25(34-16-22)27(32)31-13-18-4-3-11-28-26(18)29-23-9-6-19(12-24(23)31)30-14-21-7-5-20(30)15-33-21/h3-4,6,9,11-12,17,20-22,25H,5,7-8,10,13-16H2,1-2H3,(H,28,29)/t20-,21-,22+,25-/m1/s1. The highest BCUT2D eigenvalue weighted by molar-refractivity contribution is 6.01. The summed E-state index contributed by atoms with van der Waals surface area (Å²) >= 11 is 0. The first-order valence-corrected chi connectivity index (χ1v) is 12.9. The van der Waals surface area contributed by atoms with Crippen LogP contribution in [0.15, 0.2) is 36.5 Å². The van der Waals surface area contributed by atoms with Gasteiger partial charge in [-0.15, -0.1) is 0 Å². The first-order chi connectivity index (χ1) is 17.0. The number of anilines is 4. The van der Waals surface area contributed by atoms with Crippen molar-refractivity contribution in [1.82, 2.24) is 4.98 Å². The minimum Gasteiger partial charge on any atom is -0.374 e. The minimum atomic E-state index is -0.476. The van der Waals surface area contributed by atoms with Crippen LogP contribution < -0.4 is 15.1 Å². The Morgan fingerprint density at radius 2 is 2.06 bits per heavy atom. The van der Waals surface area contributed by atoms with Gasteiger partial charge in [0.15, 0.2) is 0 Å². The van der Waals surface area contributed by atoms with Crippen molar-refractivity contribution in [3.8, 4) is 0 Å². The molecule has 4 fully saturated rings. The SMILES string of the molecule is CC(C)O[C@H]1CC[C@H](C(=O)N2Cc3cccnc3Nc3ccc(N4C[C@H]5CC[C@@H]4CO5)cc32)OC1. The molecule has 4 atom stereocenters. The van der Waals surface area contributed by atoms with Crippen molar-refractivity contribution in [2.45, 2.75) is 76.5 Å². The molecular weight excluding hydrogens is 444 g/mol. The van der Waals surface area contributed by atoms with Gasteiger partial charge >= 0.3 is 0 Å². The molecule has 6 heterocycles. The normalized spacial score (nSPS) is 27.7. The van der Waals surface area contributed by atoms with Gasteiger partial charge in [-0.3, -0.25) is 4.79 Å². The van der Waals surface area contributed by atoms with Crippen molar-refractivity contribution < 1.29 is 19.0 Å². The van der Waals surface area contributed by atoms with Crippen LogP contribution in [0, 0.1) is 0 Å². The molecule has 186 valence electrons. The summed E-state index contributed by atoms with van der Waals surface area (Å²) in [5.41, 5.74) is 3.88.